The third-order valence-electron chi connectivity index (χ3n) is 3.66. The van der Waals surface area contributed by atoms with Gasteiger partial charge in [-0.25, -0.2) is 0 Å². The first-order valence-corrected chi connectivity index (χ1v) is 5.95. The van der Waals surface area contributed by atoms with Crippen LogP contribution in [0.25, 0.3) is 0 Å². The van der Waals surface area contributed by atoms with Crippen molar-refractivity contribution in [3.8, 4) is 0 Å². The average Bonchev–Trinajstić information content (AvgIpc) is 2.82. The van der Waals surface area contributed by atoms with Crippen molar-refractivity contribution < 1.29 is 4.42 Å². The molecule has 0 aromatic carbocycles. The van der Waals surface area contributed by atoms with Gasteiger partial charge in [0.1, 0.15) is 5.76 Å². The Labute approximate surface area is 90.4 Å². The lowest BCUT2D eigenvalue weighted by Gasteiger charge is -2.44. The molecule has 82 valence electrons. The van der Waals surface area contributed by atoms with Gasteiger partial charge in [0.25, 0.3) is 0 Å². The molecule has 0 amide bonds. The molecule has 3 rings (SSSR count). The average molecular weight is 206 g/mol. The summed E-state index contributed by atoms with van der Waals surface area (Å²) in [5.74, 6) is 1.12. The molecule has 2 saturated heterocycles. The summed E-state index contributed by atoms with van der Waals surface area (Å²) in [6.45, 7) is 3.42. The lowest BCUT2D eigenvalue weighted by molar-refractivity contribution is 0.0534. The van der Waals surface area contributed by atoms with Crippen molar-refractivity contribution in [2.45, 2.75) is 31.3 Å². The molecule has 0 bridgehead atoms. The number of fused-ring (bicyclic) bond motifs is 1. The fraction of sp³-hybridized carbons (Fsp3) is 0.667. The summed E-state index contributed by atoms with van der Waals surface area (Å²) in [5, 5.41) is 3.52. The van der Waals surface area contributed by atoms with Crippen LogP contribution < -0.4 is 5.32 Å². The molecular weight excluding hydrogens is 188 g/mol. The number of piperazine rings is 1. The van der Waals surface area contributed by atoms with Crippen LogP contribution in [0.15, 0.2) is 22.8 Å². The van der Waals surface area contributed by atoms with Gasteiger partial charge in [-0.05, 0) is 31.5 Å². The lowest BCUT2D eigenvalue weighted by Crippen LogP contribution is -2.54. The van der Waals surface area contributed by atoms with Crippen LogP contribution in [0, 0.1) is 0 Å². The van der Waals surface area contributed by atoms with Crippen molar-refractivity contribution in [2.75, 3.05) is 19.6 Å². The zero-order chi connectivity index (χ0) is 10.1. The zero-order valence-corrected chi connectivity index (χ0v) is 8.98. The molecule has 3 heteroatoms. The Balaban J connectivity index is 1.82. The van der Waals surface area contributed by atoms with Gasteiger partial charge in [0.2, 0.25) is 0 Å². The van der Waals surface area contributed by atoms with Gasteiger partial charge in [-0.2, -0.15) is 0 Å². The zero-order valence-electron chi connectivity index (χ0n) is 8.98. The van der Waals surface area contributed by atoms with E-state index in [1.807, 2.05) is 6.07 Å². The molecule has 1 aromatic rings. The number of furan rings is 1. The predicted molar refractivity (Wildman–Crippen MR) is 58.7 cm³/mol. The summed E-state index contributed by atoms with van der Waals surface area (Å²) < 4.78 is 5.54. The van der Waals surface area contributed by atoms with E-state index in [9.17, 15) is 0 Å². The van der Waals surface area contributed by atoms with Crippen LogP contribution in [0.3, 0.4) is 0 Å². The van der Waals surface area contributed by atoms with Crippen molar-refractivity contribution in [3.63, 3.8) is 0 Å². The molecule has 3 heterocycles. The highest BCUT2D eigenvalue weighted by Crippen LogP contribution is 2.30. The van der Waals surface area contributed by atoms with Gasteiger partial charge in [-0.15, -0.1) is 0 Å². The van der Waals surface area contributed by atoms with Gasteiger partial charge in [0.15, 0.2) is 0 Å². The minimum absolute atomic E-state index is 0.457. The van der Waals surface area contributed by atoms with E-state index in [1.165, 1.54) is 25.8 Å². The Bertz CT molecular complexity index is 307. The van der Waals surface area contributed by atoms with E-state index >= 15 is 0 Å². The third-order valence-corrected chi connectivity index (χ3v) is 3.66. The molecular formula is C12H18N2O. The van der Waals surface area contributed by atoms with Crippen LogP contribution in [0.5, 0.6) is 0 Å². The number of piperidine rings is 1. The first-order chi connectivity index (χ1) is 7.45. The Morgan fingerprint density at radius 2 is 2.33 bits per heavy atom. The Morgan fingerprint density at radius 1 is 1.33 bits per heavy atom. The predicted octanol–water partition coefficient (Wildman–Crippen LogP) is 1.78. The molecule has 2 aliphatic rings. The fourth-order valence-electron chi connectivity index (χ4n) is 2.90. The first-order valence-electron chi connectivity index (χ1n) is 5.95. The minimum Gasteiger partial charge on any atom is -0.468 e. The number of nitrogens with zero attached hydrogens (tertiary/aromatic N) is 1. The smallest absolute Gasteiger partial charge is 0.122 e. The summed E-state index contributed by atoms with van der Waals surface area (Å²) in [6.07, 6.45) is 5.84. The Morgan fingerprint density at radius 3 is 3.20 bits per heavy atom. The maximum atomic E-state index is 5.54. The second kappa shape index (κ2) is 3.99. The summed E-state index contributed by atoms with van der Waals surface area (Å²) in [7, 11) is 0. The monoisotopic (exact) mass is 206 g/mol. The fourth-order valence-corrected chi connectivity index (χ4v) is 2.90. The van der Waals surface area contributed by atoms with E-state index in [0.717, 1.165) is 24.9 Å². The quantitative estimate of drug-likeness (QED) is 0.759. The number of hydrogen-bond acceptors (Lipinski definition) is 3. The second-order valence-corrected chi connectivity index (χ2v) is 4.58. The first kappa shape index (κ1) is 9.43. The molecule has 2 unspecified atom stereocenters. The molecule has 2 atom stereocenters. The highest BCUT2D eigenvalue weighted by atomic mass is 16.3. The van der Waals surface area contributed by atoms with Crippen LogP contribution in [-0.2, 0) is 0 Å². The Hall–Kier alpha value is -0.800. The van der Waals surface area contributed by atoms with Gasteiger partial charge in [0, 0.05) is 19.1 Å². The van der Waals surface area contributed by atoms with Crippen molar-refractivity contribution in [1.82, 2.24) is 10.2 Å². The van der Waals surface area contributed by atoms with Crippen molar-refractivity contribution in [2.24, 2.45) is 0 Å². The van der Waals surface area contributed by atoms with Crippen molar-refractivity contribution in [1.29, 1.82) is 0 Å². The largest absolute Gasteiger partial charge is 0.468 e. The molecule has 1 aromatic heterocycles. The summed E-state index contributed by atoms with van der Waals surface area (Å²) >= 11 is 0. The molecule has 0 radical (unpaired) electrons. The van der Waals surface area contributed by atoms with Gasteiger partial charge in [-0.1, -0.05) is 6.42 Å². The molecule has 0 spiro atoms. The number of hydrogen-bond donors (Lipinski definition) is 1. The standard InChI is InChI=1S/C12H18N2O/c1-2-6-14-10(4-1)8-13-9-11(14)12-5-3-7-15-12/h3,5,7,10-11,13H,1-2,4,6,8-9H2. The van der Waals surface area contributed by atoms with Crippen molar-refractivity contribution >= 4 is 0 Å². The van der Waals surface area contributed by atoms with E-state index < -0.39 is 0 Å². The van der Waals surface area contributed by atoms with Gasteiger partial charge in [0.05, 0.1) is 12.3 Å². The van der Waals surface area contributed by atoms with Crippen LogP contribution in [0.2, 0.25) is 0 Å². The van der Waals surface area contributed by atoms with Crippen LogP contribution in [0.1, 0.15) is 31.1 Å². The molecule has 2 fully saturated rings. The SMILES string of the molecule is c1coc(C2CNCC3CCCCN32)c1. The van der Waals surface area contributed by atoms with Gasteiger partial charge < -0.3 is 9.73 Å². The molecule has 0 aliphatic carbocycles. The topological polar surface area (TPSA) is 28.4 Å². The normalized spacial score (nSPS) is 32.5. The number of nitrogens with one attached hydrogen (secondary N) is 1. The van der Waals surface area contributed by atoms with E-state index in [0.29, 0.717) is 6.04 Å². The third kappa shape index (κ3) is 1.70. The maximum absolute atomic E-state index is 5.54. The molecule has 3 nitrogen and oxygen atoms in total. The van der Waals surface area contributed by atoms with Crippen molar-refractivity contribution in [3.05, 3.63) is 24.2 Å². The Kier molecular flexibility index (Phi) is 2.51. The lowest BCUT2D eigenvalue weighted by atomic mass is 9.96. The van der Waals surface area contributed by atoms with E-state index in [4.69, 9.17) is 4.42 Å². The second-order valence-electron chi connectivity index (χ2n) is 4.58. The number of rotatable bonds is 1. The van der Waals surface area contributed by atoms with E-state index in [1.54, 1.807) is 6.26 Å². The maximum Gasteiger partial charge on any atom is 0.122 e. The summed E-state index contributed by atoms with van der Waals surface area (Å²) in [5.41, 5.74) is 0. The molecule has 15 heavy (non-hydrogen) atoms. The highest BCUT2D eigenvalue weighted by molar-refractivity contribution is 5.08. The molecule has 0 saturated carbocycles. The summed E-state index contributed by atoms with van der Waals surface area (Å²) in [4.78, 5) is 2.62. The molecule has 2 aliphatic heterocycles. The van der Waals surface area contributed by atoms with Gasteiger partial charge >= 0.3 is 0 Å². The van der Waals surface area contributed by atoms with Crippen LogP contribution >= 0.6 is 0 Å². The summed E-state index contributed by atoms with van der Waals surface area (Å²) in [6, 6.07) is 5.27. The van der Waals surface area contributed by atoms with Gasteiger partial charge in [-0.3, -0.25) is 4.90 Å². The van der Waals surface area contributed by atoms with Crippen LogP contribution in [-0.4, -0.2) is 30.6 Å². The highest BCUT2D eigenvalue weighted by Gasteiger charge is 2.34. The van der Waals surface area contributed by atoms with E-state index in [2.05, 4.69) is 16.3 Å². The van der Waals surface area contributed by atoms with Crippen LogP contribution in [0.4, 0.5) is 0 Å². The minimum atomic E-state index is 0.457. The molecule has 1 N–H and O–H groups in total. The van der Waals surface area contributed by atoms with E-state index in [-0.39, 0.29) is 0 Å².